The molecule has 2 N–H and O–H groups in total. The molecule has 2 rings (SSSR count). The third-order valence-electron chi connectivity index (χ3n) is 2.36. The number of nitrogens with two attached hydrogens (primary N) is 1. The van der Waals surface area contributed by atoms with Crippen LogP contribution in [0.1, 0.15) is 5.56 Å². The summed E-state index contributed by atoms with van der Waals surface area (Å²) in [5.41, 5.74) is 5.85. The van der Waals surface area contributed by atoms with E-state index in [1.54, 1.807) is 0 Å². The van der Waals surface area contributed by atoms with E-state index < -0.39 is 11.8 Å². The highest BCUT2D eigenvalue weighted by atomic mass is 35.5. The number of hydrogen-bond donors (Lipinski definition) is 1. The van der Waals surface area contributed by atoms with Crippen LogP contribution in [0.4, 0.5) is 8.78 Å². The summed E-state index contributed by atoms with van der Waals surface area (Å²) in [4.78, 5) is 3.66. The fraction of sp³-hybridized carbons (Fsp3) is 0.0833. The van der Waals surface area contributed by atoms with Gasteiger partial charge < -0.3 is 5.73 Å². The van der Waals surface area contributed by atoms with Gasteiger partial charge in [0.25, 0.3) is 0 Å². The smallest absolute Gasteiger partial charge is 0.217 e. The van der Waals surface area contributed by atoms with Crippen LogP contribution in [0.15, 0.2) is 30.3 Å². The topological polar surface area (TPSA) is 38.9 Å². The zero-order valence-corrected chi connectivity index (χ0v) is 9.51. The Balaban J connectivity index is 2.57. The number of rotatable bonds is 2. The molecule has 2 nitrogen and oxygen atoms in total. The summed E-state index contributed by atoms with van der Waals surface area (Å²) in [5.74, 6) is -1.24. The molecule has 0 spiro atoms. The second kappa shape index (κ2) is 4.77. The van der Waals surface area contributed by atoms with Gasteiger partial charge >= 0.3 is 0 Å². The summed E-state index contributed by atoms with van der Waals surface area (Å²) in [6, 6.07) is 7.22. The minimum atomic E-state index is -0.704. The van der Waals surface area contributed by atoms with Crippen LogP contribution in [-0.2, 0) is 6.54 Å². The molecule has 1 aromatic heterocycles. The molecule has 0 amide bonds. The van der Waals surface area contributed by atoms with E-state index in [4.69, 9.17) is 17.3 Å². The lowest BCUT2D eigenvalue weighted by Gasteiger charge is -2.06. The molecule has 0 aliphatic rings. The molecule has 1 heterocycles. The van der Waals surface area contributed by atoms with Gasteiger partial charge in [-0.3, -0.25) is 0 Å². The number of aromatic nitrogens is 1. The molecule has 17 heavy (non-hydrogen) atoms. The molecule has 0 fully saturated rings. The summed E-state index contributed by atoms with van der Waals surface area (Å²) in [5, 5.41) is 0.192. The van der Waals surface area contributed by atoms with Gasteiger partial charge in [-0.05, 0) is 18.2 Å². The Hall–Kier alpha value is -1.52. The largest absolute Gasteiger partial charge is 0.326 e. The molecular formula is C12H9ClF2N2. The van der Waals surface area contributed by atoms with E-state index in [1.165, 1.54) is 30.3 Å². The molecule has 5 heteroatoms. The van der Waals surface area contributed by atoms with Gasteiger partial charge in [0.05, 0.1) is 16.3 Å². The number of hydrogen-bond acceptors (Lipinski definition) is 2. The van der Waals surface area contributed by atoms with Crippen molar-refractivity contribution in [2.75, 3.05) is 0 Å². The summed E-state index contributed by atoms with van der Waals surface area (Å²) in [6.45, 7) is 0.0458. The first kappa shape index (κ1) is 12.0. The van der Waals surface area contributed by atoms with Crippen LogP contribution >= 0.6 is 11.6 Å². The van der Waals surface area contributed by atoms with Crippen molar-refractivity contribution < 1.29 is 8.78 Å². The molecule has 0 unspecified atom stereocenters. The molecular weight excluding hydrogens is 246 g/mol. The van der Waals surface area contributed by atoms with E-state index in [0.717, 1.165) is 0 Å². The first-order valence-corrected chi connectivity index (χ1v) is 5.31. The first-order valence-electron chi connectivity index (χ1n) is 4.93. The second-order valence-electron chi connectivity index (χ2n) is 3.45. The molecule has 1 aromatic carbocycles. The molecule has 0 saturated carbocycles. The average Bonchev–Trinajstić information content (AvgIpc) is 2.29. The van der Waals surface area contributed by atoms with E-state index in [2.05, 4.69) is 4.98 Å². The third kappa shape index (κ3) is 2.28. The maximum Gasteiger partial charge on any atom is 0.217 e. The van der Waals surface area contributed by atoms with Gasteiger partial charge in [0.15, 0.2) is 0 Å². The fourth-order valence-electron chi connectivity index (χ4n) is 1.50. The van der Waals surface area contributed by atoms with Crippen LogP contribution in [0, 0.1) is 11.8 Å². The average molecular weight is 255 g/mol. The molecule has 88 valence electrons. The normalized spacial score (nSPS) is 10.6. The van der Waals surface area contributed by atoms with Crippen molar-refractivity contribution in [3.8, 4) is 11.3 Å². The summed E-state index contributed by atoms with van der Waals surface area (Å²) in [7, 11) is 0. The summed E-state index contributed by atoms with van der Waals surface area (Å²) in [6.07, 6.45) is 0. The van der Waals surface area contributed by atoms with Crippen LogP contribution < -0.4 is 5.73 Å². The highest BCUT2D eigenvalue weighted by Gasteiger charge is 2.12. The van der Waals surface area contributed by atoms with Gasteiger partial charge in [0, 0.05) is 12.1 Å². The molecule has 0 atom stereocenters. The lowest BCUT2D eigenvalue weighted by atomic mass is 10.1. The minimum Gasteiger partial charge on any atom is -0.326 e. The molecule has 0 aliphatic heterocycles. The van der Waals surface area contributed by atoms with Crippen LogP contribution in [0.3, 0.4) is 0 Å². The minimum absolute atomic E-state index is 0.0458. The Morgan fingerprint density at radius 3 is 2.53 bits per heavy atom. The zero-order valence-electron chi connectivity index (χ0n) is 8.75. The predicted octanol–water partition coefficient (Wildman–Crippen LogP) is 3.14. The fourth-order valence-corrected chi connectivity index (χ4v) is 1.76. The number of halogens is 3. The highest BCUT2D eigenvalue weighted by Crippen LogP contribution is 2.29. The maximum atomic E-state index is 13.6. The van der Waals surface area contributed by atoms with E-state index in [1.807, 2.05) is 0 Å². The Bertz CT molecular complexity index is 538. The highest BCUT2D eigenvalue weighted by molar-refractivity contribution is 6.33. The monoisotopic (exact) mass is 254 g/mol. The zero-order chi connectivity index (χ0) is 12.4. The number of nitrogens with zero attached hydrogens (tertiary/aromatic N) is 1. The van der Waals surface area contributed by atoms with E-state index in [-0.39, 0.29) is 28.4 Å². The molecule has 0 saturated heterocycles. The van der Waals surface area contributed by atoms with Gasteiger partial charge in [-0.15, -0.1) is 0 Å². The van der Waals surface area contributed by atoms with E-state index in [0.29, 0.717) is 0 Å². The van der Waals surface area contributed by atoms with Crippen LogP contribution in [0.5, 0.6) is 0 Å². The van der Waals surface area contributed by atoms with Gasteiger partial charge in [-0.25, -0.2) is 9.37 Å². The SMILES string of the molecule is NCc1ccc(-c2c(F)cccc2Cl)nc1F. The van der Waals surface area contributed by atoms with Crippen molar-refractivity contribution in [3.05, 3.63) is 52.7 Å². The lowest BCUT2D eigenvalue weighted by Crippen LogP contribution is -2.02. The molecule has 0 bridgehead atoms. The molecule has 0 aliphatic carbocycles. The number of pyridine rings is 1. The van der Waals surface area contributed by atoms with Crippen LogP contribution in [0.2, 0.25) is 5.02 Å². The van der Waals surface area contributed by atoms with Crippen molar-refractivity contribution >= 4 is 11.6 Å². The van der Waals surface area contributed by atoms with Gasteiger partial charge in [-0.1, -0.05) is 23.7 Å². The van der Waals surface area contributed by atoms with Gasteiger partial charge in [0.1, 0.15) is 5.82 Å². The Kier molecular flexibility index (Phi) is 3.36. The summed E-state index contributed by atoms with van der Waals surface area (Å²) >= 11 is 5.86. The lowest BCUT2D eigenvalue weighted by molar-refractivity contribution is 0.567. The van der Waals surface area contributed by atoms with Crippen LogP contribution in [0.25, 0.3) is 11.3 Å². The van der Waals surface area contributed by atoms with Crippen molar-refractivity contribution in [3.63, 3.8) is 0 Å². The second-order valence-corrected chi connectivity index (χ2v) is 3.85. The van der Waals surface area contributed by atoms with Crippen molar-refractivity contribution in [2.24, 2.45) is 5.73 Å². The third-order valence-corrected chi connectivity index (χ3v) is 2.68. The standard InChI is InChI=1S/C12H9ClF2N2/c13-8-2-1-3-9(14)11(8)10-5-4-7(6-16)12(15)17-10/h1-5H,6,16H2. The molecule has 2 aromatic rings. The van der Waals surface area contributed by atoms with Crippen molar-refractivity contribution in [1.82, 2.24) is 4.98 Å². The van der Waals surface area contributed by atoms with Crippen molar-refractivity contribution in [2.45, 2.75) is 6.54 Å². The first-order chi connectivity index (χ1) is 8.13. The number of benzene rings is 1. The Labute approximate surface area is 102 Å². The van der Waals surface area contributed by atoms with E-state index >= 15 is 0 Å². The van der Waals surface area contributed by atoms with Gasteiger partial charge in [-0.2, -0.15) is 4.39 Å². The maximum absolute atomic E-state index is 13.6. The van der Waals surface area contributed by atoms with Crippen LogP contribution in [-0.4, -0.2) is 4.98 Å². The molecule has 0 radical (unpaired) electrons. The van der Waals surface area contributed by atoms with Crippen molar-refractivity contribution in [1.29, 1.82) is 0 Å². The quantitative estimate of drug-likeness (QED) is 0.837. The predicted molar refractivity (Wildman–Crippen MR) is 62.5 cm³/mol. The summed E-state index contributed by atoms with van der Waals surface area (Å²) < 4.78 is 27.0. The Morgan fingerprint density at radius 1 is 1.18 bits per heavy atom. The Morgan fingerprint density at radius 2 is 1.94 bits per heavy atom. The van der Waals surface area contributed by atoms with Gasteiger partial charge in [0.2, 0.25) is 5.95 Å². The van der Waals surface area contributed by atoms with E-state index in [9.17, 15) is 8.78 Å².